The summed E-state index contributed by atoms with van der Waals surface area (Å²) in [7, 11) is -1.24. The molecule has 104 valence electrons. The summed E-state index contributed by atoms with van der Waals surface area (Å²) < 4.78 is 21.8. The Balaban J connectivity index is 0. The number of halogens is 1. The molecule has 0 saturated heterocycles. The second kappa shape index (κ2) is 9.93. The van der Waals surface area contributed by atoms with Crippen molar-refractivity contribution in [3.8, 4) is 0 Å². The average molecular weight is 377 g/mol. The van der Waals surface area contributed by atoms with Gasteiger partial charge in [0.15, 0.2) is 5.96 Å². The van der Waals surface area contributed by atoms with Gasteiger partial charge in [-0.3, -0.25) is 4.99 Å². The summed E-state index contributed by atoms with van der Waals surface area (Å²) in [4.78, 5) is 4.00. The second-order valence-corrected chi connectivity index (χ2v) is 6.50. The fraction of sp³-hybridized carbons (Fsp3) is 0.900. The van der Waals surface area contributed by atoms with E-state index in [0.717, 1.165) is 13.0 Å². The molecule has 0 atom stereocenters. The summed E-state index contributed by atoms with van der Waals surface area (Å²) in [5.74, 6) is 1.42. The van der Waals surface area contributed by atoms with Crippen LogP contribution in [0.25, 0.3) is 0 Å². The Morgan fingerprint density at radius 2 is 1.76 bits per heavy atom. The number of aliphatic imine (C=N–C) groups is 1. The lowest BCUT2D eigenvalue weighted by Gasteiger charge is -2.12. The monoisotopic (exact) mass is 377 g/mol. The molecule has 5 nitrogen and oxygen atoms in total. The zero-order valence-electron chi connectivity index (χ0n) is 11.0. The molecule has 0 saturated carbocycles. The highest BCUT2D eigenvalue weighted by atomic mass is 127. The minimum absolute atomic E-state index is 0. The second-order valence-electron chi connectivity index (χ2n) is 4.24. The number of nitrogens with zero attached hydrogens (tertiary/aromatic N) is 1. The molecule has 0 heterocycles. The first-order valence-electron chi connectivity index (χ1n) is 5.47. The summed E-state index contributed by atoms with van der Waals surface area (Å²) >= 11 is 0. The Morgan fingerprint density at radius 3 is 2.18 bits per heavy atom. The zero-order chi connectivity index (χ0) is 12.6. The highest BCUT2D eigenvalue weighted by Crippen LogP contribution is 1.95. The molecular weight excluding hydrogens is 353 g/mol. The maximum absolute atomic E-state index is 10.9. The van der Waals surface area contributed by atoms with E-state index in [-0.39, 0.29) is 29.7 Å². The molecule has 0 bridgehead atoms. The molecule has 2 N–H and O–H groups in total. The number of rotatable bonds is 6. The van der Waals surface area contributed by atoms with E-state index in [1.807, 2.05) is 0 Å². The molecule has 0 fully saturated rings. The van der Waals surface area contributed by atoms with E-state index in [4.69, 9.17) is 0 Å². The Morgan fingerprint density at radius 1 is 1.24 bits per heavy atom. The van der Waals surface area contributed by atoms with E-state index < -0.39 is 9.84 Å². The molecule has 0 radical (unpaired) electrons. The Hall–Kier alpha value is -0.0500. The summed E-state index contributed by atoms with van der Waals surface area (Å²) in [6.07, 6.45) is 2.29. The lowest BCUT2D eigenvalue weighted by Crippen LogP contribution is -2.40. The molecule has 7 heteroatoms. The van der Waals surface area contributed by atoms with Gasteiger partial charge in [-0.15, -0.1) is 24.0 Å². The minimum atomic E-state index is -2.91. The van der Waals surface area contributed by atoms with Gasteiger partial charge in [0.25, 0.3) is 0 Å². The molecule has 0 aliphatic heterocycles. The molecule has 17 heavy (non-hydrogen) atoms. The van der Waals surface area contributed by atoms with Crippen LogP contribution in [0.3, 0.4) is 0 Å². The van der Waals surface area contributed by atoms with Gasteiger partial charge in [0.1, 0.15) is 9.84 Å². The van der Waals surface area contributed by atoms with E-state index in [2.05, 4.69) is 29.5 Å². The van der Waals surface area contributed by atoms with E-state index in [0.29, 0.717) is 18.4 Å². The SMILES string of the molecule is CN=C(NCCC(C)C)NCCS(C)(=O)=O.I. The van der Waals surface area contributed by atoms with Gasteiger partial charge in [-0.2, -0.15) is 0 Å². The molecule has 0 amide bonds. The number of nitrogens with one attached hydrogen (secondary N) is 2. The Bertz CT molecular complexity index is 316. The minimum Gasteiger partial charge on any atom is -0.356 e. The summed E-state index contributed by atoms with van der Waals surface area (Å²) in [5, 5.41) is 6.09. The van der Waals surface area contributed by atoms with Crippen molar-refractivity contribution < 1.29 is 8.42 Å². The van der Waals surface area contributed by atoms with Gasteiger partial charge in [0, 0.05) is 26.4 Å². The molecule has 0 spiro atoms. The third-order valence-corrected chi connectivity index (χ3v) is 2.95. The number of guanidine groups is 1. The molecular formula is C10H24IN3O2S. The average Bonchev–Trinajstić information content (AvgIpc) is 2.13. The van der Waals surface area contributed by atoms with Gasteiger partial charge in [0.05, 0.1) is 5.75 Å². The van der Waals surface area contributed by atoms with Gasteiger partial charge in [-0.25, -0.2) is 8.42 Å². The number of hydrogen-bond acceptors (Lipinski definition) is 3. The summed E-state index contributed by atoms with van der Waals surface area (Å²) in [6.45, 7) is 5.54. The van der Waals surface area contributed by atoms with Crippen LogP contribution in [0.2, 0.25) is 0 Å². The zero-order valence-corrected chi connectivity index (χ0v) is 14.1. The standard InChI is InChI=1S/C10H23N3O2S.HI/c1-9(2)5-6-12-10(11-3)13-7-8-16(4,14)15;/h9H,5-8H2,1-4H3,(H2,11,12,13);1H. The fourth-order valence-corrected chi connectivity index (χ4v) is 1.53. The van der Waals surface area contributed by atoms with Crippen molar-refractivity contribution in [2.75, 3.05) is 32.1 Å². The van der Waals surface area contributed by atoms with Crippen molar-refractivity contribution in [1.82, 2.24) is 10.6 Å². The van der Waals surface area contributed by atoms with Crippen molar-refractivity contribution in [1.29, 1.82) is 0 Å². The molecule has 0 aromatic rings. The molecule has 0 aromatic carbocycles. The third kappa shape index (κ3) is 13.9. The normalized spacial score (nSPS) is 12.2. The predicted octanol–water partition coefficient (Wildman–Crippen LogP) is 0.860. The van der Waals surface area contributed by atoms with Crippen LogP contribution < -0.4 is 10.6 Å². The van der Waals surface area contributed by atoms with E-state index >= 15 is 0 Å². The Kier molecular flexibility index (Phi) is 11.3. The van der Waals surface area contributed by atoms with E-state index in [1.54, 1.807) is 7.05 Å². The van der Waals surface area contributed by atoms with Gasteiger partial charge in [-0.1, -0.05) is 13.8 Å². The van der Waals surface area contributed by atoms with Gasteiger partial charge >= 0.3 is 0 Å². The highest BCUT2D eigenvalue weighted by Gasteiger charge is 2.03. The van der Waals surface area contributed by atoms with Gasteiger partial charge in [-0.05, 0) is 12.3 Å². The first-order chi connectivity index (χ1) is 7.35. The van der Waals surface area contributed by atoms with Crippen LogP contribution in [0, 0.1) is 5.92 Å². The quantitative estimate of drug-likeness (QED) is 0.409. The summed E-state index contributed by atoms with van der Waals surface area (Å²) in [6, 6.07) is 0. The van der Waals surface area contributed by atoms with Crippen molar-refractivity contribution in [3.63, 3.8) is 0 Å². The largest absolute Gasteiger partial charge is 0.356 e. The van der Waals surface area contributed by atoms with E-state index in [1.165, 1.54) is 6.26 Å². The lowest BCUT2D eigenvalue weighted by molar-refractivity contribution is 0.574. The Labute approximate surface area is 122 Å². The fourth-order valence-electron chi connectivity index (χ4n) is 1.05. The van der Waals surface area contributed by atoms with Crippen LogP contribution in [0.5, 0.6) is 0 Å². The van der Waals surface area contributed by atoms with Crippen LogP contribution in [-0.2, 0) is 9.84 Å². The van der Waals surface area contributed by atoms with Crippen LogP contribution >= 0.6 is 24.0 Å². The lowest BCUT2D eigenvalue weighted by atomic mass is 10.1. The molecule has 0 aliphatic carbocycles. The third-order valence-electron chi connectivity index (χ3n) is 2.00. The topological polar surface area (TPSA) is 70.6 Å². The molecule has 0 aliphatic rings. The van der Waals surface area contributed by atoms with Crippen LogP contribution in [0.4, 0.5) is 0 Å². The van der Waals surface area contributed by atoms with Crippen molar-refractivity contribution in [3.05, 3.63) is 0 Å². The maximum Gasteiger partial charge on any atom is 0.191 e. The first-order valence-corrected chi connectivity index (χ1v) is 7.53. The predicted molar refractivity (Wildman–Crippen MR) is 83.9 cm³/mol. The number of sulfone groups is 1. The van der Waals surface area contributed by atoms with Crippen molar-refractivity contribution in [2.45, 2.75) is 20.3 Å². The van der Waals surface area contributed by atoms with Crippen LogP contribution in [-0.4, -0.2) is 46.5 Å². The molecule has 0 unspecified atom stereocenters. The molecule has 0 aromatic heterocycles. The van der Waals surface area contributed by atoms with Gasteiger partial charge < -0.3 is 10.6 Å². The van der Waals surface area contributed by atoms with Crippen LogP contribution in [0.1, 0.15) is 20.3 Å². The van der Waals surface area contributed by atoms with E-state index in [9.17, 15) is 8.42 Å². The maximum atomic E-state index is 10.9. The van der Waals surface area contributed by atoms with Crippen molar-refractivity contribution >= 4 is 39.8 Å². The van der Waals surface area contributed by atoms with Gasteiger partial charge in [0.2, 0.25) is 0 Å². The first kappa shape index (κ1) is 19.3. The number of hydrogen-bond donors (Lipinski definition) is 2. The highest BCUT2D eigenvalue weighted by molar-refractivity contribution is 14.0. The molecule has 0 rings (SSSR count). The summed E-state index contributed by atoms with van der Waals surface area (Å²) in [5.41, 5.74) is 0. The van der Waals surface area contributed by atoms with Crippen LogP contribution in [0.15, 0.2) is 4.99 Å². The van der Waals surface area contributed by atoms with Crippen molar-refractivity contribution in [2.24, 2.45) is 10.9 Å². The smallest absolute Gasteiger partial charge is 0.191 e.